The van der Waals surface area contributed by atoms with E-state index in [0.29, 0.717) is 12.6 Å². The van der Waals surface area contributed by atoms with Gasteiger partial charge in [-0.2, -0.15) is 0 Å². The summed E-state index contributed by atoms with van der Waals surface area (Å²) in [6.07, 6.45) is 0.173. The van der Waals surface area contributed by atoms with E-state index in [1.165, 1.54) is 0 Å². The van der Waals surface area contributed by atoms with Gasteiger partial charge in [-0.25, -0.2) is 0 Å². The van der Waals surface area contributed by atoms with Crippen molar-refractivity contribution in [1.29, 1.82) is 0 Å². The van der Waals surface area contributed by atoms with Crippen molar-refractivity contribution in [2.24, 2.45) is 5.73 Å². The van der Waals surface area contributed by atoms with Gasteiger partial charge in [-0.3, -0.25) is 9.69 Å². The zero-order valence-electron chi connectivity index (χ0n) is 9.76. The molecule has 0 aromatic heterocycles. The van der Waals surface area contributed by atoms with E-state index in [1.54, 1.807) is 6.92 Å². The average Bonchev–Trinajstić information content (AvgIpc) is 2.61. The van der Waals surface area contributed by atoms with Crippen molar-refractivity contribution in [3.05, 3.63) is 0 Å². The van der Waals surface area contributed by atoms with E-state index in [-0.39, 0.29) is 24.4 Å². The van der Waals surface area contributed by atoms with Gasteiger partial charge in [-0.15, -0.1) is 12.4 Å². The normalized spacial score (nSPS) is 31.8. The number of hydrogen-bond acceptors (Lipinski definition) is 4. The van der Waals surface area contributed by atoms with Crippen LogP contribution in [0.2, 0.25) is 0 Å². The molecule has 2 fully saturated rings. The Morgan fingerprint density at radius 2 is 2.19 bits per heavy atom. The molecule has 0 spiro atoms. The number of likely N-dealkylation sites (N-methyl/N-ethyl adjacent to an activating group) is 1. The topological polar surface area (TPSA) is 58.8 Å². The average molecular weight is 250 g/mol. The zero-order chi connectivity index (χ0) is 11.0. The largest absolute Gasteiger partial charge is 0.373 e. The highest BCUT2D eigenvalue weighted by atomic mass is 35.5. The van der Waals surface area contributed by atoms with Crippen molar-refractivity contribution in [1.82, 2.24) is 9.80 Å². The molecule has 0 aliphatic carbocycles. The maximum Gasteiger partial charge on any atom is 0.239 e. The van der Waals surface area contributed by atoms with E-state index in [0.717, 1.165) is 19.7 Å². The Morgan fingerprint density at radius 1 is 1.50 bits per heavy atom. The van der Waals surface area contributed by atoms with Gasteiger partial charge in [0, 0.05) is 19.6 Å². The lowest BCUT2D eigenvalue weighted by Gasteiger charge is -2.33. The van der Waals surface area contributed by atoms with Gasteiger partial charge in [0.2, 0.25) is 5.91 Å². The summed E-state index contributed by atoms with van der Waals surface area (Å²) in [5.41, 5.74) is 5.59. The summed E-state index contributed by atoms with van der Waals surface area (Å²) in [6, 6.07) is -0.0584. The second kappa shape index (κ2) is 5.31. The Balaban J connectivity index is 0.00000128. The molecule has 1 amide bonds. The molecule has 16 heavy (non-hydrogen) atoms. The molecule has 2 rings (SSSR count). The molecule has 2 N–H and O–H groups in total. The third-order valence-electron chi connectivity index (χ3n) is 3.28. The van der Waals surface area contributed by atoms with Crippen LogP contribution in [0.3, 0.4) is 0 Å². The van der Waals surface area contributed by atoms with E-state index in [2.05, 4.69) is 11.9 Å². The Bertz CT molecular complexity index is 262. The van der Waals surface area contributed by atoms with Crippen LogP contribution in [0.25, 0.3) is 0 Å². The summed E-state index contributed by atoms with van der Waals surface area (Å²) >= 11 is 0. The summed E-state index contributed by atoms with van der Waals surface area (Å²) in [7, 11) is 2.08. The summed E-state index contributed by atoms with van der Waals surface area (Å²) in [5.74, 6) is 0.0291. The summed E-state index contributed by atoms with van der Waals surface area (Å²) in [6.45, 7) is 4.88. The van der Waals surface area contributed by atoms with Gasteiger partial charge < -0.3 is 15.4 Å². The third kappa shape index (κ3) is 2.48. The molecule has 2 aliphatic heterocycles. The van der Waals surface area contributed by atoms with Crippen molar-refractivity contribution in [2.75, 3.05) is 33.3 Å². The number of halogens is 1. The fraction of sp³-hybridized carbons (Fsp3) is 0.900. The Labute approximate surface area is 102 Å². The van der Waals surface area contributed by atoms with Crippen molar-refractivity contribution in [3.63, 3.8) is 0 Å². The summed E-state index contributed by atoms with van der Waals surface area (Å²) < 4.78 is 5.66. The minimum Gasteiger partial charge on any atom is -0.373 e. The van der Waals surface area contributed by atoms with Gasteiger partial charge in [0.15, 0.2) is 0 Å². The predicted molar refractivity (Wildman–Crippen MR) is 63.6 cm³/mol. The number of carbonyl (C=O) groups excluding carboxylic acids is 1. The number of ether oxygens (including phenoxy) is 1. The van der Waals surface area contributed by atoms with Crippen LogP contribution in [0.1, 0.15) is 6.92 Å². The summed E-state index contributed by atoms with van der Waals surface area (Å²) in [5, 5.41) is 0. The molecule has 2 heterocycles. The van der Waals surface area contributed by atoms with E-state index in [1.807, 2.05) is 4.90 Å². The van der Waals surface area contributed by atoms with E-state index >= 15 is 0 Å². The van der Waals surface area contributed by atoms with Crippen molar-refractivity contribution in [3.8, 4) is 0 Å². The predicted octanol–water partition coefficient (Wildman–Crippen LogP) is -0.703. The van der Waals surface area contributed by atoms with E-state index in [9.17, 15) is 4.79 Å². The first kappa shape index (κ1) is 13.7. The maximum absolute atomic E-state index is 11.7. The molecule has 0 saturated carbocycles. The molecule has 2 aliphatic rings. The number of nitrogens with two attached hydrogens (primary N) is 1. The second-order valence-corrected chi connectivity index (χ2v) is 4.49. The molecule has 2 saturated heterocycles. The molecule has 0 bridgehead atoms. The highest BCUT2D eigenvalue weighted by Crippen LogP contribution is 2.21. The Kier molecular flexibility index (Phi) is 4.55. The van der Waals surface area contributed by atoms with Gasteiger partial charge in [-0.1, -0.05) is 0 Å². The van der Waals surface area contributed by atoms with Crippen LogP contribution in [0, 0.1) is 0 Å². The van der Waals surface area contributed by atoms with E-state index < -0.39 is 6.04 Å². The van der Waals surface area contributed by atoms with Crippen LogP contribution in [-0.4, -0.2) is 67.2 Å². The van der Waals surface area contributed by atoms with Crippen molar-refractivity contribution in [2.45, 2.75) is 25.1 Å². The smallest absolute Gasteiger partial charge is 0.239 e. The van der Waals surface area contributed by atoms with Crippen LogP contribution >= 0.6 is 12.4 Å². The van der Waals surface area contributed by atoms with Crippen LogP contribution in [0.5, 0.6) is 0 Å². The number of hydrogen-bond donors (Lipinski definition) is 1. The summed E-state index contributed by atoms with van der Waals surface area (Å²) in [4.78, 5) is 15.8. The monoisotopic (exact) mass is 249 g/mol. The molecule has 0 aromatic rings. The number of rotatable bonds is 1. The number of fused-ring (bicyclic) bond motifs is 1. The van der Waals surface area contributed by atoms with Crippen LogP contribution < -0.4 is 5.73 Å². The minimum atomic E-state index is -0.407. The molecule has 3 atom stereocenters. The lowest BCUT2D eigenvalue weighted by atomic mass is 10.1. The van der Waals surface area contributed by atoms with Gasteiger partial charge in [0.25, 0.3) is 0 Å². The fourth-order valence-electron chi connectivity index (χ4n) is 2.33. The molecule has 6 heteroatoms. The van der Waals surface area contributed by atoms with Crippen LogP contribution in [0.4, 0.5) is 0 Å². The highest BCUT2D eigenvalue weighted by molar-refractivity contribution is 5.85. The van der Waals surface area contributed by atoms with Crippen LogP contribution in [-0.2, 0) is 9.53 Å². The SMILES string of the molecule is C[C@@H](N)C(=O)N1C[C@H]2OCCN(C)[C@H]2C1.Cl. The van der Waals surface area contributed by atoms with Crippen molar-refractivity contribution < 1.29 is 9.53 Å². The molecule has 5 nitrogen and oxygen atoms in total. The standard InChI is InChI=1S/C10H19N3O2.ClH/c1-7(11)10(14)13-5-8-9(6-13)15-4-3-12(8)2;/h7-9H,3-6,11H2,1-2H3;1H/t7-,8+,9-;/m1./s1. The lowest BCUT2D eigenvalue weighted by molar-refractivity contribution is -0.131. The third-order valence-corrected chi connectivity index (χ3v) is 3.28. The molecule has 0 unspecified atom stereocenters. The molecular formula is C10H20ClN3O2. The maximum atomic E-state index is 11.7. The van der Waals surface area contributed by atoms with Gasteiger partial charge in [-0.05, 0) is 14.0 Å². The van der Waals surface area contributed by atoms with Gasteiger partial charge in [0.05, 0.1) is 24.8 Å². The minimum absolute atomic E-state index is 0. The quantitative estimate of drug-likeness (QED) is 0.668. The Hall–Kier alpha value is -0.360. The second-order valence-electron chi connectivity index (χ2n) is 4.49. The van der Waals surface area contributed by atoms with Crippen molar-refractivity contribution >= 4 is 18.3 Å². The number of morpholine rings is 1. The fourth-order valence-corrected chi connectivity index (χ4v) is 2.33. The van der Waals surface area contributed by atoms with Gasteiger partial charge in [0.1, 0.15) is 0 Å². The number of carbonyl (C=O) groups is 1. The first-order chi connectivity index (χ1) is 7.09. The zero-order valence-corrected chi connectivity index (χ0v) is 10.6. The molecule has 0 radical (unpaired) electrons. The number of nitrogens with zero attached hydrogens (tertiary/aromatic N) is 2. The molecular weight excluding hydrogens is 230 g/mol. The van der Waals surface area contributed by atoms with Crippen LogP contribution in [0.15, 0.2) is 0 Å². The number of likely N-dealkylation sites (tertiary alicyclic amines) is 1. The first-order valence-electron chi connectivity index (χ1n) is 5.46. The van der Waals surface area contributed by atoms with E-state index in [4.69, 9.17) is 10.5 Å². The Morgan fingerprint density at radius 3 is 2.75 bits per heavy atom. The lowest BCUT2D eigenvalue weighted by Crippen LogP contribution is -2.48. The first-order valence-corrected chi connectivity index (χ1v) is 5.46. The highest BCUT2D eigenvalue weighted by Gasteiger charge is 2.40. The van der Waals surface area contributed by atoms with Gasteiger partial charge >= 0.3 is 0 Å². The molecule has 0 aromatic carbocycles. The number of amides is 1. The molecule has 94 valence electrons.